The molecule has 0 aliphatic carbocycles. The van der Waals surface area contributed by atoms with Gasteiger partial charge in [-0.1, -0.05) is 30.3 Å². The second-order valence-corrected chi connectivity index (χ2v) is 7.74. The molecule has 0 atom stereocenters. The van der Waals surface area contributed by atoms with E-state index < -0.39 is 5.60 Å². The number of aldehydes is 1. The summed E-state index contributed by atoms with van der Waals surface area (Å²) in [5, 5.41) is 0. The van der Waals surface area contributed by atoms with Gasteiger partial charge in [0.15, 0.2) is 0 Å². The van der Waals surface area contributed by atoms with Crippen LogP contribution >= 0.6 is 0 Å². The molecule has 0 aromatic heterocycles. The summed E-state index contributed by atoms with van der Waals surface area (Å²) in [6.45, 7) is 6.38. The highest BCUT2D eigenvalue weighted by Gasteiger charge is 2.21. The van der Waals surface area contributed by atoms with Crippen LogP contribution in [0.4, 0.5) is 16.2 Å². The van der Waals surface area contributed by atoms with Crippen molar-refractivity contribution in [3.05, 3.63) is 60.2 Å². The third-order valence-corrected chi connectivity index (χ3v) is 4.28. The fraction of sp³-hybridized carbons (Fsp3) is 0.391. The van der Waals surface area contributed by atoms with E-state index in [4.69, 9.17) is 4.74 Å². The van der Waals surface area contributed by atoms with Crippen molar-refractivity contribution in [2.45, 2.75) is 39.2 Å². The lowest BCUT2D eigenvalue weighted by Crippen LogP contribution is -2.38. The van der Waals surface area contributed by atoms with Gasteiger partial charge in [0.1, 0.15) is 11.9 Å². The van der Waals surface area contributed by atoms with E-state index in [0.29, 0.717) is 25.9 Å². The summed E-state index contributed by atoms with van der Waals surface area (Å²) in [4.78, 5) is 26.9. The van der Waals surface area contributed by atoms with Gasteiger partial charge >= 0.3 is 6.09 Å². The Balaban J connectivity index is 2.06. The first-order chi connectivity index (χ1) is 13.3. The van der Waals surface area contributed by atoms with Crippen molar-refractivity contribution in [2.24, 2.45) is 0 Å². The van der Waals surface area contributed by atoms with E-state index in [2.05, 4.69) is 35.2 Å². The van der Waals surface area contributed by atoms with Gasteiger partial charge in [0.05, 0.1) is 0 Å². The van der Waals surface area contributed by atoms with E-state index >= 15 is 0 Å². The molecule has 0 radical (unpaired) electrons. The number of carbonyl (C=O) groups is 2. The van der Waals surface area contributed by atoms with E-state index in [1.807, 2.05) is 52.1 Å². The molecule has 0 fully saturated rings. The number of hydrogen-bond donors (Lipinski definition) is 0. The van der Waals surface area contributed by atoms with Crippen LogP contribution in [-0.2, 0) is 16.0 Å². The van der Waals surface area contributed by atoms with Crippen molar-refractivity contribution in [3.63, 3.8) is 0 Å². The van der Waals surface area contributed by atoms with Crippen molar-refractivity contribution in [1.29, 1.82) is 0 Å². The number of benzene rings is 2. The lowest BCUT2D eigenvalue weighted by Gasteiger charge is -2.27. The van der Waals surface area contributed by atoms with Gasteiger partial charge in [-0.05, 0) is 57.0 Å². The molecule has 1 amide bonds. The van der Waals surface area contributed by atoms with Crippen molar-refractivity contribution in [2.75, 3.05) is 25.0 Å². The molecule has 0 N–H and O–H groups in total. The second-order valence-electron chi connectivity index (χ2n) is 7.74. The summed E-state index contributed by atoms with van der Waals surface area (Å²) in [6.07, 6.45) is 1.43. The van der Waals surface area contributed by atoms with Gasteiger partial charge in [-0.25, -0.2) is 4.79 Å². The Morgan fingerprint density at radius 1 is 1.00 bits per heavy atom. The molecule has 0 bridgehead atoms. The molecule has 0 aliphatic rings. The van der Waals surface area contributed by atoms with E-state index in [0.717, 1.165) is 23.2 Å². The molecular formula is C23H30N2O3. The smallest absolute Gasteiger partial charge is 0.410 e. The quantitative estimate of drug-likeness (QED) is 0.614. The van der Waals surface area contributed by atoms with E-state index in [1.165, 1.54) is 0 Å². The molecule has 0 unspecified atom stereocenters. The van der Waals surface area contributed by atoms with Crippen molar-refractivity contribution in [3.8, 4) is 0 Å². The van der Waals surface area contributed by atoms with Crippen LogP contribution < -0.4 is 4.90 Å². The maximum absolute atomic E-state index is 12.4. The first kappa shape index (κ1) is 21.5. The highest BCUT2D eigenvalue weighted by Crippen LogP contribution is 2.24. The molecular weight excluding hydrogens is 352 g/mol. The predicted molar refractivity (Wildman–Crippen MR) is 113 cm³/mol. The van der Waals surface area contributed by atoms with Crippen LogP contribution in [-0.4, -0.2) is 43.0 Å². The minimum Gasteiger partial charge on any atom is -0.444 e. The third kappa shape index (κ3) is 6.72. The number of hydrogen-bond acceptors (Lipinski definition) is 4. The van der Waals surface area contributed by atoms with Gasteiger partial charge in [0.25, 0.3) is 0 Å². The maximum Gasteiger partial charge on any atom is 0.410 e. The summed E-state index contributed by atoms with van der Waals surface area (Å²) >= 11 is 0. The summed E-state index contributed by atoms with van der Waals surface area (Å²) in [7, 11) is 2.03. The number of rotatable bonds is 8. The van der Waals surface area contributed by atoms with Crippen molar-refractivity contribution in [1.82, 2.24) is 4.90 Å². The summed E-state index contributed by atoms with van der Waals surface area (Å²) in [5.74, 6) is 0. The first-order valence-electron chi connectivity index (χ1n) is 9.59. The number of carbonyl (C=O) groups excluding carboxylic acids is 2. The minimum absolute atomic E-state index is 0.302. The SMILES string of the molecule is CN(c1ccccc1)c1cccc(CCN(CCC=O)C(=O)OC(C)(C)C)c1. The Morgan fingerprint density at radius 2 is 1.68 bits per heavy atom. The molecule has 5 nitrogen and oxygen atoms in total. The Morgan fingerprint density at radius 3 is 2.32 bits per heavy atom. The Labute approximate surface area is 167 Å². The zero-order chi connectivity index (χ0) is 20.6. The topological polar surface area (TPSA) is 49.9 Å². The van der Waals surface area contributed by atoms with E-state index in [-0.39, 0.29) is 6.09 Å². The van der Waals surface area contributed by atoms with Crippen LogP contribution in [0.15, 0.2) is 54.6 Å². The van der Waals surface area contributed by atoms with Crippen LogP contribution in [0.2, 0.25) is 0 Å². The summed E-state index contributed by atoms with van der Waals surface area (Å²) in [6, 6.07) is 18.4. The Hall–Kier alpha value is -2.82. The lowest BCUT2D eigenvalue weighted by molar-refractivity contribution is -0.108. The molecule has 0 saturated carbocycles. The van der Waals surface area contributed by atoms with Crippen LogP contribution in [0.25, 0.3) is 0 Å². The zero-order valence-electron chi connectivity index (χ0n) is 17.2. The van der Waals surface area contributed by atoms with Gasteiger partial charge in [-0.2, -0.15) is 0 Å². The van der Waals surface area contributed by atoms with E-state index in [9.17, 15) is 9.59 Å². The Kier molecular flexibility index (Phi) is 7.61. The fourth-order valence-electron chi connectivity index (χ4n) is 2.81. The summed E-state index contributed by atoms with van der Waals surface area (Å²) < 4.78 is 5.47. The standard InChI is InChI=1S/C23H30N2O3/c1-23(2,3)28-22(27)25(15-9-17-26)16-14-19-10-8-13-21(18-19)24(4)20-11-6-5-7-12-20/h5-8,10-13,17-18H,9,14-16H2,1-4H3. The molecule has 0 heterocycles. The number of nitrogens with zero attached hydrogens (tertiary/aromatic N) is 2. The van der Waals surface area contributed by atoms with Crippen LogP contribution in [0.5, 0.6) is 0 Å². The third-order valence-electron chi connectivity index (χ3n) is 4.28. The normalized spacial score (nSPS) is 11.0. The van der Waals surface area contributed by atoms with Crippen LogP contribution in [0, 0.1) is 0 Å². The van der Waals surface area contributed by atoms with Crippen LogP contribution in [0.1, 0.15) is 32.8 Å². The van der Waals surface area contributed by atoms with Gasteiger partial charge in [-0.15, -0.1) is 0 Å². The average Bonchev–Trinajstić information content (AvgIpc) is 2.67. The van der Waals surface area contributed by atoms with Crippen molar-refractivity contribution < 1.29 is 14.3 Å². The maximum atomic E-state index is 12.4. The molecule has 2 aromatic carbocycles. The predicted octanol–water partition coefficient (Wildman–Crippen LogP) is 4.82. The Bertz CT molecular complexity index is 769. The van der Waals surface area contributed by atoms with Gasteiger partial charge in [0, 0.05) is 37.9 Å². The van der Waals surface area contributed by atoms with E-state index in [1.54, 1.807) is 4.90 Å². The fourth-order valence-corrected chi connectivity index (χ4v) is 2.81. The molecule has 0 spiro atoms. The highest BCUT2D eigenvalue weighted by molar-refractivity contribution is 5.68. The molecule has 150 valence electrons. The van der Waals surface area contributed by atoms with Crippen LogP contribution in [0.3, 0.4) is 0 Å². The second kappa shape index (κ2) is 9.93. The average molecular weight is 383 g/mol. The van der Waals surface area contributed by atoms with Gasteiger partial charge in [0.2, 0.25) is 0 Å². The molecule has 28 heavy (non-hydrogen) atoms. The number of ether oxygens (including phenoxy) is 1. The first-order valence-corrected chi connectivity index (χ1v) is 9.59. The summed E-state index contributed by atoms with van der Waals surface area (Å²) in [5.41, 5.74) is 2.76. The molecule has 0 aliphatic heterocycles. The van der Waals surface area contributed by atoms with Gasteiger partial charge < -0.3 is 19.3 Å². The molecule has 5 heteroatoms. The number of amides is 1. The van der Waals surface area contributed by atoms with Crippen molar-refractivity contribution >= 4 is 23.8 Å². The highest BCUT2D eigenvalue weighted by atomic mass is 16.6. The largest absolute Gasteiger partial charge is 0.444 e. The molecule has 2 rings (SSSR count). The number of para-hydroxylation sites is 1. The zero-order valence-corrected chi connectivity index (χ0v) is 17.2. The molecule has 2 aromatic rings. The number of anilines is 2. The van der Waals surface area contributed by atoms with Gasteiger partial charge in [-0.3, -0.25) is 0 Å². The monoisotopic (exact) mass is 382 g/mol. The molecule has 0 saturated heterocycles. The minimum atomic E-state index is -0.561. The lowest BCUT2D eigenvalue weighted by atomic mass is 10.1.